The van der Waals surface area contributed by atoms with Gasteiger partial charge in [-0.1, -0.05) is 19.8 Å². The molecule has 0 bridgehead atoms. The van der Waals surface area contributed by atoms with E-state index in [0.717, 1.165) is 30.4 Å². The molecule has 1 aliphatic carbocycles. The molecule has 2 N–H and O–H groups in total. The molecule has 0 unspecified atom stereocenters. The minimum Gasteiger partial charge on any atom is -0.369 e. The monoisotopic (exact) mass is 287 g/mol. The van der Waals surface area contributed by atoms with Crippen molar-refractivity contribution in [2.45, 2.75) is 46.0 Å². The average molecular weight is 287 g/mol. The Labute approximate surface area is 126 Å². The zero-order valence-electron chi connectivity index (χ0n) is 13.0. The number of nitrogens with one attached hydrogen (secondary N) is 2. The minimum absolute atomic E-state index is 0.444. The molecule has 114 valence electrons. The molecule has 5 nitrogen and oxygen atoms in total. The normalized spacial score (nSPS) is 17.2. The average Bonchev–Trinajstić information content (AvgIpc) is 3.15. The molecule has 0 saturated heterocycles. The third-order valence-electron chi connectivity index (χ3n) is 4.78. The highest BCUT2D eigenvalue weighted by atomic mass is 15.1. The summed E-state index contributed by atoms with van der Waals surface area (Å²) in [5.41, 5.74) is 1.35. The van der Waals surface area contributed by atoms with Crippen LogP contribution in [-0.2, 0) is 0 Å². The number of imidazole rings is 1. The van der Waals surface area contributed by atoms with Gasteiger partial charge >= 0.3 is 0 Å². The smallest absolute Gasteiger partial charge is 0.180 e. The Hall–Kier alpha value is -1.78. The van der Waals surface area contributed by atoms with Crippen molar-refractivity contribution < 1.29 is 0 Å². The lowest BCUT2D eigenvalue weighted by Gasteiger charge is -2.28. The number of fused-ring (bicyclic) bond motifs is 1. The molecule has 0 radical (unpaired) electrons. The lowest BCUT2D eigenvalue weighted by atomic mass is 9.83. The molecule has 1 aliphatic rings. The molecule has 0 aliphatic heterocycles. The van der Waals surface area contributed by atoms with Crippen molar-refractivity contribution >= 4 is 17.3 Å². The van der Waals surface area contributed by atoms with Crippen molar-refractivity contribution in [1.29, 1.82) is 0 Å². The third-order valence-corrected chi connectivity index (χ3v) is 4.78. The molecule has 2 heterocycles. The maximum atomic E-state index is 4.68. The summed E-state index contributed by atoms with van der Waals surface area (Å²) in [6.45, 7) is 6.25. The van der Waals surface area contributed by atoms with Crippen LogP contribution in [0.4, 0.5) is 11.6 Å². The first kappa shape index (κ1) is 14.2. The molecule has 2 aromatic rings. The Morgan fingerprint density at radius 1 is 1.24 bits per heavy atom. The van der Waals surface area contributed by atoms with Gasteiger partial charge < -0.3 is 15.0 Å². The van der Waals surface area contributed by atoms with Crippen LogP contribution < -0.4 is 10.6 Å². The first-order chi connectivity index (χ1) is 10.3. The van der Waals surface area contributed by atoms with Crippen LogP contribution in [-0.4, -0.2) is 27.5 Å². The lowest BCUT2D eigenvalue weighted by molar-refractivity contribution is 0.306. The molecule has 3 rings (SSSR count). The van der Waals surface area contributed by atoms with E-state index in [1.54, 1.807) is 0 Å². The van der Waals surface area contributed by atoms with Crippen molar-refractivity contribution in [3.8, 4) is 0 Å². The topological polar surface area (TPSA) is 54.2 Å². The number of rotatable bonds is 6. The maximum absolute atomic E-state index is 4.68. The van der Waals surface area contributed by atoms with Crippen molar-refractivity contribution in [3.05, 3.63) is 18.6 Å². The molecule has 0 amide bonds. The largest absolute Gasteiger partial charge is 0.369 e. The van der Waals surface area contributed by atoms with E-state index >= 15 is 0 Å². The summed E-state index contributed by atoms with van der Waals surface area (Å²) in [4.78, 5) is 9.11. The van der Waals surface area contributed by atoms with E-state index in [-0.39, 0.29) is 0 Å². The predicted octanol–water partition coefficient (Wildman–Crippen LogP) is 3.54. The van der Waals surface area contributed by atoms with E-state index in [9.17, 15) is 0 Å². The van der Waals surface area contributed by atoms with E-state index in [2.05, 4.69) is 34.4 Å². The van der Waals surface area contributed by atoms with Crippen LogP contribution in [0.3, 0.4) is 0 Å². The SMILES string of the molecule is CCNc1cn2ccnc2c(NCC2(CC)CCCC2)n1. The summed E-state index contributed by atoms with van der Waals surface area (Å²) in [7, 11) is 0. The molecule has 2 aromatic heterocycles. The van der Waals surface area contributed by atoms with Crippen molar-refractivity contribution in [2.24, 2.45) is 5.41 Å². The van der Waals surface area contributed by atoms with Crippen molar-refractivity contribution in [1.82, 2.24) is 14.4 Å². The zero-order chi connectivity index (χ0) is 14.7. The second kappa shape index (κ2) is 5.92. The highest BCUT2D eigenvalue weighted by molar-refractivity contribution is 5.65. The molecule has 1 saturated carbocycles. The van der Waals surface area contributed by atoms with E-state index in [4.69, 9.17) is 0 Å². The third kappa shape index (κ3) is 2.82. The van der Waals surface area contributed by atoms with Gasteiger partial charge in [0.2, 0.25) is 0 Å². The van der Waals surface area contributed by atoms with Gasteiger partial charge in [0.05, 0.1) is 6.20 Å². The fraction of sp³-hybridized carbons (Fsp3) is 0.625. The second-order valence-electron chi connectivity index (χ2n) is 6.08. The Bertz CT molecular complexity index is 598. The minimum atomic E-state index is 0.444. The summed E-state index contributed by atoms with van der Waals surface area (Å²) in [5.74, 6) is 1.78. The summed E-state index contributed by atoms with van der Waals surface area (Å²) in [5, 5.41) is 6.85. The number of anilines is 2. The van der Waals surface area contributed by atoms with Crippen LogP contribution in [0, 0.1) is 5.41 Å². The highest BCUT2D eigenvalue weighted by Crippen LogP contribution is 2.41. The molecule has 21 heavy (non-hydrogen) atoms. The van der Waals surface area contributed by atoms with Gasteiger partial charge in [-0.15, -0.1) is 0 Å². The fourth-order valence-electron chi connectivity index (χ4n) is 3.37. The number of hydrogen-bond acceptors (Lipinski definition) is 4. The molecule has 1 fully saturated rings. The van der Waals surface area contributed by atoms with Crippen LogP contribution in [0.25, 0.3) is 5.65 Å². The van der Waals surface area contributed by atoms with Crippen LogP contribution in [0.2, 0.25) is 0 Å². The fourth-order valence-corrected chi connectivity index (χ4v) is 3.37. The van der Waals surface area contributed by atoms with Gasteiger partial charge in [0.1, 0.15) is 5.82 Å². The summed E-state index contributed by atoms with van der Waals surface area (Å²) in [6.07, 6.45) is 12.4. The molecular formula is C16H25N5. The number of aromatic nitrogens is 3. The molecule has 0 atom stereocenters. The second-order valence-corrected chi connectivity index (χ2v) is 6.08. The molecular weight excluding hydrogens is 262 g/mol. The summed E-state index contributed by atoms with van der Waals surface area (Å²) < 4.78 is 2.03. The van der Waals surface area contributed by atoms with Crippen LogP contribution in [0.15, 0.2) is 18.6 Å². The van der Waals surface area contributed by atoms with Gasteiger partial charge in [-0.3, -0.25) is 0 Å². The van der Waals surface area contributed by atoms with Gasteiger partial charge in [-0.2, -0.15) is 0 Å². The Kier molecular flexibility index (Phi) is 3.99. The van der Waals surface area contributed by atoms with Crippen molar-refractivity contribution in [2.75, 3.05) is 23.7 Å². The standard InChI is InChI=1S/C16H25N5/c1-3-16(7-5-6-8-16)12-19-14-15-18-9-10-21(15)11-13(20-14)17-4-2/h9-11,17H,3-8,12H2,1-2H3,(H,19,20). The summed E-state index contributed by atoms with van der Waals surface area (Å²) in [6, 6.07) is 0. The number of nitrogens with zero attached hydrogens (tertiary/aromatic N) is 3. The van der Waals surface area contributed by atoms with Crippen molar-refractivity contribution in [3.63, 3.8) is 0 Å². The highest BCUT2D eigenvalue weighted by Gasteiger charge is 2.31. The molecule has 0 spiro atoms. The quantitative estimate of drug-likeness (QED) is 0.853. The first-order valence-electron chi connectivity index (χ1n) is 8.08. The van der Waals surface area contributed by atoms with Gasteiger partial charge in [-0.25, -0.2) is 9.97 Å². The molecule has 0 aromatic carbocycles. The van der Waals surface area contributed by atoms with Crippen LogP contribution in [0.5, 0.6) is 0 Å². The van der Waals surface area contributed by atoms with Gasteiger partial charge in [0.25, 0.3) is 0 Å². The zero-order valence-corrected chi connectivity index (χ0v) is 13.0. The van der Waals surface area contributed by atoms with Gasteiger partial charge in [0, 0.05) is 25.5 Å². The van der Waals surface area contributed by atoms with E-state index in [1.807, 2.05) is 23.0 Å². The van der Waals surface area contributed by atoms with Crippen LogP contribution in [0.1, 0.15) is 46.0 Å². The molecule has 5 heteroatoms. The van der Waals surface area contributed by atoms with Gasteiger partial charge in [-0.05, 0) is 31.6 Å². The Morgan fingerprint density at radius 2 is 2.05 bits per heavy atom. The first-order valence-corrected chi connectivity index (χ1v) is 8.08. The van der Waals surface area contributed by atoms with Crippen LogP contribution >= 0.6 is 0 Å². The lowest BCUT2D eigenvalue weighted by Crippen LogP contribution is -2.26. The maximum Gasteiger partial charge on any atom is 0.180 e. The summed E-state index contributed by atoms with van der Waals surface area (Å²) >= 11 is 0. The van der Waals surface area contributed by atoms with E-state index in [1.165, 1.54) is 32.1 Å². The van der Waals surface area contributed by atoms with E-state index in [0.29, 0.717) is 5.41 Å². The number of hydrogen-bond donors (Lipinski definition) is 2. The van der Waals surface area contributed by atoms with Gasteiger partial charge in [0.15, 0.2) is 11.5 Å². The Balaban J connectivity index is 1.83. The predicted molar refractivity (Wildman–Crippen MR) is 86.8 cm³/mol. The van der Waals surface area contributed by atoms with E-state index < -0.39 is 0 Å². The Morgan fingerprint density at radius 3 is 2.76 bits per heavy atom.